The Kier molecular flexibility index (Phi) is 4.24. The van der Waals surface area contributed by atoms with Crippen LogP contribution < -0.4 is 4.90 Å². The van der Waals surface area contributed by atoms with Gasteiger partial charge in [0.15, 0.2) is 0 Å². The van der Waals surface area contributed by atoms with Gasteiger partial charge in [0.1, 0.15) is 5.69 Å². The van der Waals surface area contributed by atoms with Gasteiger partial charge in [0.05, 0.1) is 21.6 Å². The lowest BCUT2D eigenvalue weighted by Gasteiger charge is -2.30. The second-order valence-corrected chi connectivity index (χ2v) is 8.35. The van der Waals surface area contributed by atoms with Gasteiger partial charge in [0.2, 0.25) is 0 Å². The number of aromatic carboxylic acids is 1. The average Bonchev–Trinajstić information content (AvgIpc) is 3.17. The van der Waals surface area contributed by atoms with Crippen LogP contribution in [0.15, 0.2) is 54.6 Å². The third-order valence-electron chi connectivity index (χ3n) is 5.40. The van der Waals surface area contributed by atoms with Crippen molar-refractivity contribution in [1.29, 1.82) is 0 Å². The summed E-state index contributed by atoms with van der Waals surface area (Å²) in [5, 5.41) is 11.5. The van der Waals surface area contributed by atoms with Crippen molar-refractivity contribution < 1.29 is 9.90 Å². The molecule has 0 aliphatic carbocycles. The van der Waals surface area contributed by atoms with E-state index in [1.165, 1.54) is 29.3 Å². The molecule has 3 heterocycles. The first kappa shape index (κ1) is 17.2. The van der Waals surface area contributed by atoms with E-state index >= 15 is 0 Å². The van der Waals surface area contributed by atoms with Crippen LogP contribution in [-0.4, -0.2) is 29.1 Å². The smallest absolute Gasteiger partial charge is 0.335 e. The number of hydrogen-bond donors (Lipinski definition) is 1. The number of anilines is 1. The molecular formula is C23H20N2O2S. The molecule has 0 bridgehead atoms. The first-order valence-electron chi connectivity index (χ1n) is 9.61. The molecule has 28 heavy (non-hydrogen) atoms. The number of rotatable bonds is 3. The SMILES string of the molecule is O=C(O)c1ccc2nc(-c3cc4ccccc4s3)c(N3CCCCC3)cc2c1. The van der Waals surface area contributed by atoms with E-state index in [0.717, 1.165) is 40.3 Å². The van der Waals surface area contributed by atoms with Gasteiger partial charge in [0.25, 0.3) is 0 Å². The van der Waals surface area contributed by atoms with Gasteiger partial charge in [-0.25, -0.2) is 9.78 Å². The van der Waals surface area contributed by atoms with Crippen molar-refractivity contribution in [2.75, 3.05) is 18.0 Å². The molecule has 0 spiro atoms. The predicted octanol–water partition coefficient (Wildman–Crippen LogP) is 5.81. The summed E-state index contributed by atoms with van der Waals surface area (Å²) in [6, 6.07) is 17.9. The highest BCUT2D eigenvalue weighted by Gasteiger charge is 2.19. The molecule has 1 N–H and O–H groups in total. The van der Waals surface area contributed by atoms with E-state index in [9.17, 15) is 9.90 Å². The third-order valence-corrected chi connectivity index (χ3v) is 6.52. The van der Waals surface area contributed by atoms with Crippen molar-refractivity contribution >= 4 is 44.0 Å². The Labute approximate surface area is 167 Å². The minimum absolute atomic E-state index is 0.300. The number of piperidine rings is 1. The lowest BCUT2D eigenvalue weighted by Crippen LogP contribution is -2.30. The molecule has 0 radical (unpaired) electrons. The summed E-state index contributed by atoms with van der Waals surface area (Å²) >= 11 is 1.76. The Bertz CT molecular complexity index is 1160. The highest BCUT2D eigenvalue weighted by atomic mass is 32.1. The number of benzene rings is 2. The van der Waals surface area contributed by atoms with Crippen LogP contribution >= 0.6 is 11.3 Å². The first-order valence-corrected chi connectivity index (χ1v) is 10.4. The fourth-order valence-corrected chi connectivity index (χ4v) is 5.02. The maximum absolute atomic E-state index is 11.4. The minimum Gasteiger partial charge on any atom is -0.478 e. The predicted molar refractivity (Wildman–Crippen MR) is 116 cm³/mol. The van der Waals surface area contributed by atoms with Gasteiger partial charge in [-0.1, -0.05) is 18.2 Å². The van der Waals surface area contributed by atoms with E-state index in [2.05, 4.69) is 41.3 Å². The van der Waals surface area contributed by atoms with Crippen molar-refractivity contribution in [2.45, 2.75) is 19.3 Å². The number of carboxylic acids is 1. The van der Waals surface area contributed by atoms with Crippen molar-refractivity contribution in [1.82, 2.24) is 4.98 Å². The van der Waals surface area contributed by atoms with E-state index in [-0.39, 0.29) is 0 Å². The first-order chi connectivity index (χ1) is 13.7. The van der Waals surface area contributed by atoms with Crippen LogP contribution in [0.2, 0.25) is 0 Å². The number of carbonyl (C=O) groups is 1. The summed E-state index contributed by atoms with van der Waals surface area (Å²) in [5.41, 5.74) is 3.24. The van der Waals surface area contributed by atoms with Crippen LogP contribution in [0.25, 0.3) is 31.6 Å². The molecule has 0 saturated carbocycles. The van der Waals surface area contributed by atoms with Crippen molar-refractivity contribution in [3.8, 4) is 10.6 Å². The van der Waals surface area contributed by atoms with Crippen molar-refractivity contribution in [2.24, 2.45) is 0 Å². The Morgan fingerprint density at radius 3 is 2.57 bits per heavy atom. The molecule has 5 heteroatoms. The van der Waals surface area contributed by atoms with Gasteiger partial charge < -0.3 is 10.0 Å². The highest BCUT2D eigenvalue weighted by Crippen LogP contribution is 2.39. The Balaban J connectivity index is 1.72. The summed E-state index contributed by atoms with van der Waals surface area (Å²) in [4.78, 5) is 19.9. The molecule has 0 atom stereocenters. The van der Waals surface area contributed by atoms with Gasteiger partial charge in [-0.05, 0) is 61.0 Å². The number of hydrogen-bond acceptors (Lipinski definition) is 4. The van der Waals surface area contributed by atoms with Crippen LogP contribution in [0.4, 0.5) is 5.69 Å². The zero-order valence-corrected chi connectivity index (χ0v) is 16.2. The summed E-state index contributed by atoms with van der Waals surface area (Å²) in [6.07, 6.45) is 3.62. The van der Waals surface area contributed by atoms with Gasteiger partial charge >= 0.3 is 5.97 Å². The number of pyridine rings is 1. The highest BCUT2D eigenvalue weighted by molar-refractivity contribution is 7.22. The van der Waals surface area contributed by atoms with E-state index in [4.69, 9.17) is 4.98 Å². The lowest BCUT2D eigenvalue weighted by molar-refractivity contribution is 0.0697. The van der Waals surface area contributed by atoms with Crippen LogP contribution in [0.5, 0.6) is 0 Å². The van der Waals surface area contributed by atoms with Crippen LogP contribution in [0, 0.1) is 0 Å². The average molecular weight is 388 g/mol. The number of carboxylic acid groups (broad SMARTS) is 1. The summed E-state index contributed by atoms with van der Waals surface area (Å²) in [6.45, 7) is 2.04. The minimum atomic E-state index is -0.907. The normalized spacial score (nSPS) is 14.6. The van der Waals surface area contributed by atoms with Crippen molar-refractivity contribution in [3.63, 3.8) is 0 Å². The molecule has 2 aromatic carbocycles. The van der Waals surface area contributed by atoms with Crippen LogP contribution in [0.3, 0.4) is 0 Å². The fourth-order valence-electron chi connectivity index (χ4n) is 3.95. The molecule has 4 aromatic rings. The molecule has 140 valence electrons. The van der Waals surface area contributed by atoms with Crippen LogP contribution in [-0.2, 0) is 0 Å². The molecule has 0 unspecified atom stereocenters. The van der Waals surface area contributed by atoms with E-state index in [1.807, 2.05) is 6.07 Å². The van der Waals surface area contributed by atoms with Gasteiger partial charge in [-0.3, -0.25) is 0 Å². The molecule has 5 rings (SSSR count). The molecule has 1 aliphatic heterocycles. The quantitative estimate of drug-likeness (QED) is 0.481. The number of fused-ring (bicyclic) bond motifs is 2. The maximum atomic E-state index is 11.4. The lowest BCUT2D eigenvalue weighted by atomic mass is 10.1. The summed E-state index contributed by atoms with van der Waals surface area (Å²) in [5.74, 6) is -0.907. The second-order valence-electron chi connectivity index (χ2n) is 7.26. The number of nitrogens with zero attached hydrogens (tertiary/aromatic N) is 2. The van der Waals surface area contributed by atoms with Crippen molar-refractivity contribution in [3.05, 3.63) is 60.2 Å². The Hall–Kier alpha value is -2.92. The number of thiophene rings is 1. The summed E-state index contributed by atoms with van der Waals surface area (Å²) < 4.78 is 1.25. The largest absolute Gasteiger partial charge is 0.478 e. The molecule has 1 fully saturated rings. The monoisotopic (exact) mass is 388 g/mol. The van der Waals surface area contributed by atoms with E-state index < -0.39 is 5.97 Å². The van der Waals surface area contributed by atoms with E-state index in [1.54, 1.807) is 23.5 Å². The molecule has 0 amide bonds. The van der Waals surface area contributed by atoms with Gasteiger partial charge in [-0.2, -0.15) is 0 Å². The number of aromatic nitrogens is 1. The topological polar surface area (TPSA) is 53.4 Å². The summed E-state index contributed by atoms with van der Waals surface area (Å²) in [7, 11) is 0. The van der Waals surface area contributed by atoms with Crippen LogP contribution in [0.1, 0.15) is 29.6 Å². The maximum Gasteiger partial charge on any atom is 0.335 e. The van der Waals surface area contributed by atoms with Gasteiger partial charge in [-0.15, -0.1) is 11.3 Å². The second kappa shape index (κ2) is 6.91. The molecule has 4 nitrogen and oxygen atoms in total. The zero-order valence-electron chi connectivity index (χ0n) is 15.4. The molecule has 2 aromatic heterocycles. The standard InChI is InChI=1S/C23H20N2O2S/c26-23(27)16-8-9-18-17(12-16)13-19(25-10-4-1-5-11-25)22(24-18)21-14-15-6-2-3-7-20(15)28-21/h2-3,6-9,12-14H,1,4-5,10-11H2,(H,26,27). The zero-order chi connectivity index (χ0) is 19.1. The Morgan fingerprint density at radius 1 is 0.964 bits per heavy atom. The molecule has 1 aliphatic rings. The Morgan fingerprint density at radius 2 is 1.79 bits per heavy atom. The fraction of sp³-hybridized carbons (Fsp3) is 0.217. The molecular weight excluding hydrogens is 368 g/mol. The third kappa shape index (κ3) is 3.02. The van der Waals surface area contributed by atoms with Gasteiger partial charge in [0, 0.05) is 23.2 Å². The molecule has 1 saturated heterocycles. The van der Waals surface area contributed by atoms with E-state index in [0.29, 0.717) is 5.56 Å².